The van der Waals surface area contributed by atoms with Crippen LogP contribution >= 0.6 is 12.0 Å². The van der Waals surface area contributed by atoms with Crippen molar-refractivity contribution in [2.24, 2.45) is 0 Å². The first-order valence-corrected chi connectivity index (χ1v) is 7.31. The molecule has 0 amide bonds. The molecule has 0 fully saturated rings. The Morgan fingerprint density at radius 3 is 2.22 bits per heavy atom. The first-order valence-electron chi connectivity index (χ1n) is 6.56. The van der Waals surface area contributed by atoms with E-state index in [4.69, 9.17) is 0 Å². The van der Waals surface area contributed by atoms with Crippen molar-refractivity contribution in [2.75, 3.05) is 7.11 Å². The van der Waals surface area contributed by atoms with Crippen molar-refractivity contribution in [3.8, 4) is 5.75 Å². The number of H-pyrrole nitrogens is 1. The van der Waals surface area contributed by atoms with Gasteiger partial charge in [0.2, 0.25) is 0 Å². The van der Waals surface area contributed by atoms with E-state index in [1.807, 2.05) is 24.5 Å². The number of rotatable bonds is 5. The van der Waals surface area contributed by atoms with Crippen LogP contribution in [0.5, 0.6) is 5.75 Å². The molecule has 0 saturated heterocycles. The molecule has 1 heterocycles. The zero-order chi connectivity index (χ0) is 17.1. The summed E-state index contributed by atoms with van der Waals surface area (Å²) in [6.07, 6.45) is 4.45. The molecule has 1 aromatic heterocycles. The third-order valence-electron chi connectivity index (χ3n) is 2.50. The SMILES string of the molecule is COC(=O)CCc1ccc(OSC(F)(F)F)cc1.c1cc[nH]c1. The minimum atomic E-state index is -4.43. The molecule has 1 N–H and O–H groups in total. The zero-order valence-corrected chi connectivity index (χ0v) is 13.1. The Morgan fingerprint density at radius 2 is 1.78 bits per heavy atom. The average molecular weight is 347 g/mol. The van der Waals surface area contributed by atoms with Crippen molar-refractivity contribution in [1.29, 1.82) is 0 Å². The van der Waals surface area contributed by atoms with Crippen molar-refractivity contribution >= 4 is 18.0 Å². The molecule has 2 aromatic rings. The van der Waals surface area contributed by atoms with Gasteiger partial charge < -0.3 is 13.9 Å². The summed E-state index contributed by atoms with van der Waals surface area (Å²) in [5.41, 5.74) is -3.60. The van der Waals surface area contributed by atoms with E-state index in [2.05, 4.69) is 13.9 Å². The summed E-state index contributed by atoms with van der Waals surface area (Å²) in [6, 6.07) is 9.95. The van der Waals surface area contributed by atoms with E-state index in [9.17, 15) is 18.0 Å². The number of esters is 1. The summed E-state index contributed by atoms with van der Waals surface area (Å²) in [5.74, 6) is -0.220. The molecule has 0 bridgehead atoms. The zero-order valence-electron chi connectivity index (χ0n) is 12.3. The third kappa shape index (κ3) is 9.51. The Bertz CT molecular complexity index is 539. The molecule has 0 atom stereocenters. The van der Waals surface area contributed by atoms with Crippen molar-refractivity contribution in [2.45, 2.75) is 18.3 Å². The first-order chi connectivity index (χ1) is 10.9. The Kier molecular flexibility index (Phi) is 8.10. The van der Waals surface area contributed by atoms with Crippen LogP contribution in [0, 0.1) is 0 Å². The van der Waals surface area contributed by atoms with Gasteiger partial charge in [-0.25, -0.2) is 0 Å². The van der Waals surface area contributed by atoms with Gasteiger partial charge >= 0.3 is 11.5 Å². The lowest BCUT2D eigenvalue weighted by molar-refractivity contribution is -0.140. The monoisotopic (exact) mass is 347 g/mol. The molecule has 0 aliphatic rings. The summed E-state index contributed by atoms with van der Waals surface area (Å²) in [6.45, 7) is 0. The quantitative estimate of drug-likeness (QED) is 0.645. The van der Waals surface area contributed by atoms with Gasteiger partial charge in [0, 0.05) is 18.8 Å². The molecule has 0 radical (unpaired) electrons. The van der Waals surface area contributed by atoms with E-state index in [1.54, 1.807) is 12.1 Å². The summed E-state index contributed by atoms with van der Waals surface area (Å²) < 4.78 is 44.5. The number of halogens is 3. The van der Waals surface area contributed by atoms with Crippen molar-refractivity contribution < 1.29 is 26.9 Å². The molecule has 0 aliphatic heterocycles. The van der Waals surface area contributed by atoms with Crippen LogP contribution in [0.3, 0.4) is 0 Å². The molecule has 23 heavy (non-hydrogen) atoms. The number of aromatic amines is 1. The molecular formula is C15H16F3NO3S. The van der Waals surface area contributed by atoms with Gasteiger partial charge in [-0.05, 0) is 36.2 Å². The Balaban J connectivity index is 0.000000446. The molecule has 126 valence electrons. The lowest BCUT2D eigenvalue weighted by Crippen LogP contribution is -2.03. The lowest BCUT2D eigenvalue weighted by Gasteiger charge is -2.07. The Labute approximate surface area is 136 Å². The lowest BCUT2D eigenvalue weighted by atomic mass is 10.1. The van der Waals surface area contributed by atoms with Gasteiger partial charge in [-0.1, -0.05) is 12.1 Å². The van der Waals surface area contributed by atoms with E-state index < -0.39 is 17.6 Å². The number of carbonyl (C=O) groups excluding carboxylic acids is 1. The second kappa shape index (κ2) is 9.83. The summed E-state index contributed by atoms with van der Waals surface area (Å²) in [7, 11) is 1.30. The van der Waals surface area contributed by atoms with Gasteiger partial charge in [-0.2, -0.15) is 13.2 Å². The fraction of sp³-hybridized carbons (Fsp3) is 0.267. The van der Waals surface area contributed by atoms with Crippen LogP contribution in [0.25, 0.3) is 0 Å². The third-order valence-corrected chi connectivity index (χ3v) is 2.96. The second-order valence-electron chi connectivity index (χ2n) is 4.22. The maximum Gasteiger partial charge on any atom is 0.479 e. The smallest absolute Gasteiger partial charge is 0.469 e. The van der Waals surface area contributed by atoms with Gasteiger partial charge in [0.15, 0.2) is 12.0 Å². The van der Waals surface area contributed by atoms with E-state index in [0.717, 1.165) is 5.56 Å². The van der Waals surface area contributed by atoms with Crippen molar-refractivity contribution in [3.63, 3.8) is 0 Å². The number of nitrogens with one attached hydrogen (secondary N) is 1. The number of hydrogen-bond donors (Lipinski definition) is 1. The molecule has 1 aromatic carbocycles. The molecule has 0 aliphatic carbocycles. The highest BCUT2D eigenvalue weighted by Gasteiger charge is 2.31. The molecule has 0 spiro atoms. The van der Waals surface area contributed by atoms with Gasteiger partial charge in [0.1, 0.15) is 5.75 Å². The topological polar surface area (TPSA) is 51.3 Å². The van der Waals surface area contributed by atoms with E-state index in [0.29, 0.717) is 6.42 Å². The van der Waals surface area contributed by atoms with Crippen LogP contribution in [0.2, 0.25) is 0 Å². The minimum Gasteiger partial charge on any atom is -0.469 e. The number of benzene rings is 1. The number of alkyl halides is 3. The number of ether oxygens (including phenoxy) is 1. The van der Waals surface area contributed by atoms with E-state index in [-0.39, 0.29) is 18.1 Å². The number of carbonyl (C=O) groups is 1. The van der Waals surface area contributed by atoms with E-state index in [1.165, 1.54) is 19.2 Å². The molecule has 4 nitrogen and oxygen atoms in total. The highest BCUT2D eigenvalue weighted by atomic mass is 32.2. The fourth-order valence-electron chi connectivity index (χ4n) is 1.43. The first kappa shape index (κ1) is 19.0. The van der Waals surface area contributed by atoms with Crippen LogP contribution in [-0.2, 0) is 16.0 Å². The maximum absolute atomic E-state index is 11.9. The molecule has 0 unspecified atom stereocenters. The number of aromatic nitrogens is 1. The highest BCUT2D eigenvalue weighted by Crippen LogP contribution is 2.32. The number of aryl methyl sites for hydroxylation is 1. The number of methoxy groups -OCH3 is 1. The van der Waals surface area contributed by atoms with Crippen LogP contribution in [0.15, 0.2) is 48.8 Å². The van der Waals surface area contributed by atoms with Gasteiger partial charge in [-0.3, -0.25) is 4.79 Å². The predicted octanol–water partition coefficient (Wildman–Crippen LogP) is 4.35. The molecule has 8 heteroatoms. The summed E-state index contributed by atoms with van der Waals surface area (Å²) in [4.78, 5) is 13.8. The Morgan fingerprint density at radius 1 is 1.17 bits per heavy atom. The highest BCUT2D eigenvalue weighted by molar-refractivity contribution is 7.95. The molecule has 2 rings (SSSR count). The van der Waals surface area contributed by atoms with Crippen molar-refractivity contribution in [3.05, 3.63) is 54.4 Å². The van der Waals surface area contributed by atoms with Crippen LogP contribution < -0.4 is 4.18 Å². The van der Waals surface area contributed by atoms with Gasteiger partial charge in [-0.15, -0.1) is 0 Å². The Hall–Kier alpha value is -2.09. The largest absolute Gasteiger partial charge is 0.479 e. The fourth-order valence-corrected chi connectivity index (χ4v) is 1.74. The van der Waals surface area contributed by atoms with Crippen LogP contribution in [0.4, 0.5) is 13.2 Å². The van der Waals surface area contributed by atoms with Crippen molar-refractivity contribution in [1.82, 2.24) is 4.98 Å². The van der Waals surface area contributed by atoms with Crippen LogP contribution in [0.1, 0.15) is 12.0 Å². The second-order valence-corrected chi connectivity index (χ2v) is 5.01. The standard InChI is InChI=1S/C11H11F3O3S.C4H5N/c1-16-10(15)7-4-8-2-5-9(6-3-8)17-18-11(12,13)14;1-2-4-5-3-1/h2-3,5-6H,4,7H2,1H3;1-5H. The van der Waals surface area contributed by atoms with E-state index >= 15 is 0 Å². The molecular weight excluding hydrogens is 331 g/mol. The summed E-state index contributed by atoms with van der Waals surface area (Å²) >= 11 is -0.560. The van der Waals surface area contributed by atoms with Gasteiger partial charge in [0.05, 0.1) is 7.11 Å². The summed E-state index contributed by atoms with van der Waals surface area (Å²) in [5, 5.41) is 0. The van der Waals surface area contributed by atoms with Crippen LogP contribution in [-0.4, -0.2) is 23.6 Å². The number of hydrogen-bond acceptors (Lipinski definition) is 4. The maximum atomic E-state index is 11.9. The normalized spacial score (nSPS) is 10.4. The average Bonchev–Trinajstić information content (AvgIpc) is 3.10. The van der Waals surface area contributed by atoms with Gasteiger partial charge in [0.25, 0.3) is 0 Å². The predicted molar refractivity (Wildman–Crippen MR) is 81.8 cm³/mol. The minimum absolute atomic E-state index is 0.110. The molecule has 0 saturated carbocycles.